The number of carboxylic acid groups (broad SMARTS) is 1. The van der Waals surface area contributed by atoms with Crippen LogP contribution in [0.5, 0.6) is 0 Å². The van der Waals surface area contributed by atoms with Crippen LogP contribution in [0, 0.1) is 17.3 Å². The third kappa shape index (κ3) is 4.21. The topological polar surface area (TPSA) is 95.5 Å². The highest BCUT2D eigenvalue weighted by Crippen LogP contribution is 2.30. The monoisotopic (exact) mass is 284 g/mol. The van der Waals surface area contributed by atoms with Crippen molar-refractivity contribution >= 4 is 17.9 Å². The first-order valence-corrected chi connectivity index (χ1v) is 6.97. The van der Waals surface area contributed by atoms with Crippen molar-refractivity contribution in [3.63, 3.8) is 0 Å². The summed E-state index contributed by atoms with van der Waals surface area (Å²) in [7, 11) is 0. The van der Waals surface area contributed by atoms with E-state index in [1.807, 2.05) is 0 Å². The third-order valence-corrected chi connectivity index (χ3v) is 4.22. The predicted octanol–water partition coefficient (Wildman–Crippen LogP) is 1.75. The molecule has 0 aliphatic heterocycles. The predicted molar refractivity (Wildman–Crippen MR) is 74.1 cm³/mol. The first kappa shape index (κ1) is 16.5. The van der Waals surface area contributed by atoms with Gasteiger partial charge in [0, 0.05) is 12.5 Å². The number of aliphatic carboxylic acids is 1. The molecule has 6 heteroatoms. The molecule has 0 heterocycles. The molecule has 20 heavy (non-hydrogen) atoms. The average Bonchev–Trinajstić information content (AvgIpc) is 2.59. The Balaban J connectivity index is 2.43. The van der Waals surface area contributed by atoms with Gasteiger partial charge in [0.05, 0.1) is 5.41 Å². The van der Waals surface area contributed by atoms with Crippen molar-refractivity contribution in [3.8, 4) is 0 Å². The maximum Gasteiger partial charge on any atom is 0.321 e. The van der Waals surface area contributed by atoms with Gasteiger partial charge in [-0.05, 0) is 38.5 Å². The molecule has 0 bridgehead atoms. The Kier molecular flexibility index (Phi) is 5.14. The molecule has 3 N–H and O–H groups in total. The lowest BCUT2D eigenvalue weighted by Crippen LogP contribution is -2.47. The maximum atomic E-state index is 11.7. The van der Waals surface area contributed by atoms with Gasteiger partial charge in [-0.15, -0.1) is 0 Å². The summed E-state index contributed by atoms with van der Waals surface area (Å²) < 4.78 is 0. The molecular weight excluding hydrogens is 260 g/mol. The second-order valence-corrected chi connectivity index (χ2v) is 6.41. The standard InChI is InChI=1S/C14H24N2O4/c1-8-5-6-10(9(8)2)15-13(20)16-11(17)7-14(3,4)12(18)19/h8-10H,5-7H2,1-4H3,(H,18,19)(H2,15,16,17,20). The van der Waals surface area contributed by atoms with Crippen molar-refractivity contribution in [3.05, 3.63) is 0 Å². The number of imide groups is 1. The number of amides is 3. The summed E-state index contributed by atoms with van der Waals surface area (Å²) in [5, 5.41) is 13.9. The van der Waals surface area contributed by atoms with Crippen LogP contribution in [-0.2, 0) is 9.59 Å². The highest BCUT2D eigenvalue weighted by molar-refractivity contribution is 5.96. The summed E-state index contributed by atoms with van der Waals surface area (Å²) in [5.74, 6) is -0.701. The molecule has 3 unspecified atom stereocenters. The van der Waals surface area contributed by atoms with E-state index in [2.05, 4.69) is 24.5 Å². The molecule has 0 radical (unpaired) electrons. The van der Waals surface area contributed by atoms with Crippen molar-refractivity contribution in [1.29, 1.82) is 0 Å². The third-order valence-electron chi connectivity index (χ3n) is 4.22. The Bertz CT molecular complexity index is 406. The number of carbonyl (C=O) groups excluding carboxylic acids is 2. The molecule has 0 saturated heterocycles. The van der Waals surface area contributed by atoms with Crippen LogP contribution in [0.3, 0.4) is 0 Å². The molecule has 1 rings (SSSR count). The van der Waals surface area contributed by atoms with Gasteiger partial charge in [-0.2, -0.15) is 0 Å². The number of carbonyl (C=O) groups is 3. The van der Waals surface area contributed by atoms with E-state index in [9.17, 15) is 14.4 Å². The molecular formula is C14H24N2O4. The maximum absolute atomic E-state index is 11.7. The largest absolute Gasteiger partial charge is 0.481 e. The zero-order chi connectivity index (χ0) is 15.5. The molecule has 0 spiro atoms. The van der Waals surface area contributed by atoms with Crippen molar-refractivity contribution in [2.24, 2.45) is 17.3 Å². The summed E-state index contributed by atoms with van der Waals surface area (Å²) in [6.45, 7) is 7.13. The van der Waals surface area contributed by atoms with Crippen molar-refractivity contribution < 1.29 is 19.5 Å². The Hall–Kier alpha value is -1.59. The van der Waals surface area contributed by atoms with Crippen molar-refractivity contribution in [1.82, 2.24) is 10.6 Å². The summed E-state index contributed by atoms with van der Waals surface area (Å²) in [5.41, 5.74) is -1.18. The van der Waals surface area contributed by atoms with Crippen LogP contribution in [0.1, 0.15) is 47.0 Å². The van der Waals surface area contributed by atoms with E-state index in [-0.39, 0.29) is 12.5 Å². The Morgan fingerprint density at radius 1 is 1.20 bits per heavy atom. The Labute approximate surface area is 119 Å². The van der Waals surface area contributed by atoms with Crippen molar-refractivity contribution in [2.45, 2.75) is 53.0 Å². The molecule has 1 aliphatic carbocycles. The minimum atomic E-state index is -1.18. The normalized spacial score (nSPS) is 26.1. The summed E-state index contributed by atoms with van der Waals surface area (Å²) in [6, 6.07) is -0.465. The molecule has 1 saturated carbocycles. The minimum Gasteiger partial charge on any atom is -0.481 e. The molecule has 3 amide bonds. The molecule has 6 nitrogen and oxygen atoms in total. The second-order valence-electron chi connectivity index (χ2n) is 6.41. The van der Waals surface area contributed by atoms with Gasteiger partial charge in [-0.25, -0.2) is 4.79 Å². The van der Waals surface area contributed by atoms with E-state index >= 15 is 0 Å². The van der Waals surface area contributed by atoms with Crippen LogP contribution in [0.25, 0.3) is 0 Å². The first-order chi connectivity index (χ1) is 9.13. The highest BCUT2D eigenvalue weighted by atomic mass is 16.4. The summed E-state index contributed by atoms with van der Waals surface area (Å²) in [4.78, 5) is 34.3. The molecule has 0 aromatic heterocycles. The second kappa shape index (κ2) is 6.24. The van der Waals surface area contributed by atoms with E-state index in [0.29, 0.717) is 11.8 Å². The van der Waals surface area contributed by atoms with Crippen LogP contribution in [-0.4, -0.2) is 29.1 Å². The zero-order valence-electron chi connectivity index (χ0n) is 12.5. The summed E-state index contributed by atoms with van der Waals surface area (Å²) in [6.07, 6.45) is 1.74. The summed E-state index contributed by atoms with van der Waals surface area (Å²) >= 11 is 0. The smallest absolute Gasteiger partial charge is 0.321 e. The number of hydrogen-bond acceptors (Lipinski definition) is 3. The van der Waals surface area contributed by atoms with Crippen LogP contribution in [0.2, 0.25) is 0 Å². The van der Waals surface area contributed by atoms with E-state index in [1.165, 1.54) is 13.8 Å². The van der Waals surface area contributed by atoms with Crippen LogP contribution in [0.4, 0.5) is 4.79 Å². The van der Waals surface area contributed by atoms with Crippen molar-refractivity contribution in [2.75, 3.05) is 0 Å². The molecule has 114 valence electrons. The fourth-order valence-corrected chi connectivity index (χ4v) is 2.42. The van der Waals surface area contributed by atoms with E-state index in [4.69, 9.17) is 5.11 Å². The molecule has 1 aliphatic rings. The lowest BCUT2D eigenvalue weighted by molar-refractivity contribution is -0.149. The number of carboxylic acids is 1. The van der Waals surface area contributed by atoms with Crippen LogP contribution < -0.4 is 10.6 Å². The fourth-order valence-electron chi connectivity index (χ4n) is 2.42. The van der Waals surface area contributed by atoms with E-state index in [0.717, 1.165) is 12.8 Å². The number of nitrogens with one attached hydrogen (secondary N) is 2. The zero-order valence-corrected chi connectivity index (χ0v) is 12.5. The van der Waals surface area contributed by atoms with E-state index < -0.39 is 23.3 Å². The Morgan fingerprint density at radius 3 is 2.25 bits per heavy atom. The fraction of sp³-hybridized carbons (Fsp3) is 0.786. The Morgan fingerprint density at radius 2 is 1.80 bits per heavy atom. The molecule has 3 atom stereocenters. The van der Waals surface area contributed by atoms with Crippen LogP contribution in [0.15, 0.2) is 0 Å². The quantitative estimate of drug-likeness (QED) is 0.733. The molecule has 0 aromatic rings. The van der Waals surface area contributed by atoms with Gasteiger partial charge in [-0.3, -0.25) is 14.9 Å². The highest BCUT2D eigenvalue weighted by Gasteiger charge is 2.33. The van der Waals surface area contributed by atoms with Gasteiger partial charge in [-0.1, -0.05) is 13.8 Å². The number of rotatable bonds is 4. The van der Waals surface area contributed by atoms with Gasteiger partial charge in [0.15, 0.2) is 0 Å². The average molecular weight is 284 g/mol. The number of hydrogen-bond donors (Lipinski definition) is 3. The van der Waals surface area contributed by atoms with E-state index in [1.54, 1.807) is 0 Å². The van der Waals surface area contributed by atoms with Gasteiger partial charge in [0.1, 0.15) is 0 Å². The SMILES string of the molecule is CC1CCC(NC(=O)NC(=O)CC(C)(C)C(=O)O)C1C. The van der Waals surface area contributed by atoms with Gasteiger partial charge < -0.3 is 10.4 Å². The van der Waals surface area contributed by atoms with Gasteiger partial charge in [0.2, 0.25) is 5.91 Å². The van der Waals surface area contributed by atoms with Gasteiger partial charge in [0.25, 0.3) is 0 Å². The number of urea groups is 1. The first-order valence-electron chi connectivity index (χ1n) is 6.97. The molecule has 0 aromatic carbocycles. The lowest BCUT2D eigenvalue weighted by Gasteiger charge is -2.21. The molecule has 1 fully saturated rings. The minimum absolute atomic E-state index is 0.0743. The van der Waals surface area contributed by atoms with Gasteiger partial charge >= 0.3 is 12.0 Å². The van der Waals surface area contributed by atoms with Crippen LogP contribution >= 0.6 is 0 Å². The lowest BCUT2D eigenvalue weighted by atomic mass is 9.89.